The molecule has 0 fully saturated rings. The molecule has 0 spiro atoms. The summed E-state index contributed by atoms with van der Waals surface area (Å²) >= 11 is 6.02. The number of carbonyl (C=O) groups is 1. The highest BCUT2D eigenvalue weighted by molar-refractivity contribution is 6.35. The Labute approximate surface area is 105 Å². The van der Waals surface area contributed by atoms with Crippen LogP contribution in [0.5, 0.6) is 0 Å². The second kappa shape index (κ2) is 6.06. The highest BCUT2D eigenvalue weighted by atomic mass is 35.5. The summed E-state index contributed by atoms with van der Waals surface area (Å²) in [5.74, 6) is -0.651. The number of hydrogen-bond donors (Lipinski definition) is 1. The molecule has 0 atom stereocenters. The first-order valence-corrected chi connectivity index (χ1v) is 5.34. The molecule has 17 heavy (non-hydrogen) atoms. The van der Waals surface area contributed by atoms with Gasteiger partial charge in [-0.1, -0.05) is 23.8 Å². The van der Waals surface area contributed by atoms with Crippen molar-refractivity contribution in [2.45, 2.75) is 0 Å². The van der Waals surface area contributed by atoms with Gasteiger partial charge in [-0.05, 0) is 6.07 Å². The fourth-order valence-electron chi connectivity index (χ4n) is 1.38. The Morgan fingerprint density at radius 3 is 2.53 bits per heavy atom. The zero-order valence-corrected chi connectivity index (χ0v) is 10.0. The Balaban J connectivity index is 3.18. The Bertz CT molecular complexity index is 436. The zero-order chi connectivity index (χ0) is 12.8. The van der Waals surface area contributed by atoms with E-state index in [-0.39, 0.29) is 10.6 Å². The molecule has 1 heterocycles. The van der Waals surface area contributed by atoms with Crippen LogP contribution in [0.15, 0.2) is 37.6 Å². The molecule has 0 saturated heterocycles. The van der Waals surface area contributed by atoms with Gasteiger partial charge in [-0.25, -0.2) is 9.78 Å². The van der Waals surface area contributed by atoms with Crippen LogP contribution in [0.3, 0.4) is 0 Å². The molecular formula is C12H13ClN2O2. The predicted molar refractivity (Wildman–Crippen MR) is 68.8 cm³/mol. The molecule has 0 aliphatic carbocycles. The van der Waals surface area contributed by atoms with E-state index in [0.717, 1.165) is 0 Å². The standard InChI is InChI=1S/C12H13ClN2O2/c1-3-7-15(8-4-2)11-10(13)9(12(16)17)5-6-14-11/h3-6H,1-2,7-8H2,(H,16,17). The summed E-state index contributed by atoms with van der Waals surface area (Å²) in [7, 11) is 0. The lowest BCUT2D eigenvalue weighted by Crippen LogP contribution is -2.25. The zero-order valence-electron chi connectivity index (χ0n) is 9.27. The van der Waals surface area contributed by atoms with Crippen LogP contribution >= 0.6 is 11.6 Å². The lowest BCUT2D eigenvalue weighted by Gasteiger charge is -2.21. The van der Waals surface area contributed by atoms with Crippen molar-refractivity contribution in [2.75, 3.05) is 18.0 Å². The molecule has 0 saturated carbocycles. The Kier molecular flexibility index (Phi) is 4.72. The van der Waals surface area contributed by atoms with Crippen LogP contribution in [-0.4, -0.2) is 29.1 Å². The number of pyridine rings is 1. The number of aromatic nitrogens is 1. The predicted octanol–water partition coefficient (Wildman–Crippen LogP) is 2.61. The summed E-state index contributed by atoms with van der Waals surface area (Å²) in [4.78, 5) is 16.8. The third kappa shape index (κ3) is 3.07. The number of hydrogen-bond acceptors (Lipinski definition) is 3. The lowest BCUT2D eigenvalue weighted by atomic mass is 10.2. The SMILES string of the molecule is C=CCN(CC=C)c1nccc(C(=O)O)c1Cl. The lowest BCUT2D eigenvalue weighted by molar-refractivity contribution is 0.0697. The molecule has 1 rings (SSSR count). The van der Waals surface area contributed by atoms with Gasteiger partial charge in [0.25, 0.3) is 0 Å². The molecule has 0 aromatic carbocycles. The maximum Gasteiger partial charge on any atom is 0.337 e. The Hall–Kier alpha value is -1.81. The summed E-state index contributed by atoms with van der Waals surface area (Å²) in [5.41, 5.74) is 0.0368. The molecule has 4 nitrogen and oxygen atoms in total. The van der Waals surface area contributed by atoms with Crippen molar-refractivity contribution in [3.05, 3.63) is 48.2 Å². The molecule has 0 aliphatic heterocycles. The minimum absolute atomic E-state index is 0.0368. The van der Waals surface area contributed by atoms with Crippen molar-refractivity contribution in [3.8, 4) is 0 Å². The topological polar surface area (TPSA) is 53.4 Å². The van der Waals surface area contributed by atoms with Gasteiger partial charge in [0, 0.05) is 19.3 Å². The average molecular weight is 253 g/mol. The van der Waals surface area contributed by atoms with Gasteiger partial charge in [0.05, 0.1) is 10.6 Å². The summed E-state index contributed by atoms with van der Waals surface area (Å²) in [6.45, 7) is 8.30. The number of rotatable bonds is 6. The molecule has 0 radical (unpaired) electrons. The average Bonchev–Trinajstić information content (AvgIpc) is 2.29. The van der Waals surface area contributed by atoms with Crippen LogP contribution in [0, 0.1) is 0 Å². The van der Waals surface area contributed by atoms with Crippen molar-refractivity contribution in [1.82, 2.24) is 4.98 Å². The van der Waals surface area contributed by atoms with Crippen molar-refractivity contribution in [2.24, 2.45) is 0 Å². The fourth-order valence-corrected chi connectivity index (χ4v) is 1.69. The van der Waals surface area contributed by atoms with Gasteiger partial charge in [-0.15, -0.1) is 13.2 Å². The van der Waals surface area contributed by atoms with Crippen LogP contribution in [-0.2, 0) is 0 Å². The maximum absolute atomic E-state index is 10.9. The number of carboxylic acids is 1. The molecule has 1 aromatic heterocycles. The molecule has 0 amide bonds. The first kappa shape index (κ1) is 13.3. The maximum atomic E-state index is 10.9. The number of nitrogens with zero attached hydrogens (tertiary/aromatic N) is 2. The minimum atomic E-state index is -1.07. The molecule has 0 aliphatic rings. The largest absolute Gasteiger partial charge is 0.478 e. The van der Waals surface area contributed by atoms with Gasteiger partial charge in [-0.2, -0.15) is 0 Å². The van der Waals surface area contributed by atoms with Crippen LogP contribution < -0.4 is 4.90 Å². The van der Waals surface area contributed by atoms with Crippen molar-refractivity contribution < 1.29 is 9.90 Å². The van der Waals surface area contributed by atoms with Crippen LogP contribution in [0.1, 0.15) is 10.4 Å². The van der Waals surface area contributed by atoms with E-state index in [4.69, 9.17) is 16.7 Å². The van der Waals surface area contributed by atoms with E-state index in [0.29, 0.717) is 18.9 Å². The van der Waals surface area contributed by atoms with Gasteiger partial charge < -0.3 is 10.0 Å². The van der Waals surface area contributed by atoms with E-state index < -0.39 is 5.97 Å². The van der Waals surface area contributed by atoms with E-state index >= 15 is 0 Å². The number of aromatic carboxylic acids is 1. The molecule has 90 valence electrons. The smallest absolute Gasteiger partial charge is 0.337 e. The van der Waals surface area contributed by atoms with Crippen LogP contribution in [0.25, 0.3) is 0 Å². The van der Waals surface area contributed by atoms with Crippen LogP contribution in [0.4, 0.5) is 5.82 Å². The van der Waals surface area contributed by atoms with E-state index in [1.165, 1.54) is 12.3 Å². The van der Waals surface area contributed by atoms with E-state index in [1.54, 1.807) is 17.1 Å². The number of carboxylic acid groups (broad SMARTS) is 1. The normalized spacial score (nSPS) is 9.71. The first-order valence-electron chi connectivity index (χ1n) is 4.96. The highest BCUT2D eigenvalue weighted by Gasteiger charge is 2.16. The molecule has 1 aromatic rings. The number of halogens is 1. The summed E-state index contributed by atoms with van der Waals surface area (Å²) < 4.78 is 0. The third-order valence-corrected chi connectivity index (χ3v) is 2.47. The van der Waals surface area contributed by atoms with Crippen LogP contribution in [0.2, 0.25) is 5.02 Å². The van der Waals surface area contributed by atoms with E-state index in [1.807, 2.05) is 0 Å². The van der Waals surface area contributed by atoms with E-state index in [9.17, 15) is 4.79 Å². The summed E-state index contributed by atoms with van der Waals surface area (Å²) in [6, 6.07) is 1.37. The summed E-state index contributed by atoms with van der Waals surface area (Å²) in [6.07, 6.45) is 4.80. The molecule has 0 unspecified atom stereocenters. The summed E-state index contributed by atoms with van der Waals surface area (Å²) in [5, 5.41) is 9.09. The second-order valence-corrected chi connectivity index (χ2v) is 3.66. The molecule has 5 heteroatoms. The van der Waals surface area contributed by atoms with Gasteiger partial charge >= 0.3 is 5.97 Å². The fraction of sp³-hybridized carbons (Fsp3) is 0.167. The van der Waals surface area contributed by atoms with E-state index in [2.05, 4.69) is 18.1 Å². The van der Waals surface area contributed by atoms with Gasteiger partial charge in [0.15, 0.2) is 0 Å². The molecule has 0 bridgehead atoms. The minimum Gasteiger partial charge on any atom is -0.478 e. The highest BCUT2D eigenvalue weighted by Crippen LogP contribution is 2.26. The molecular weight excluding hydrogens is 240 g/mol. The monoisotopic (exact) mass is 252 g/mol. The van der Waals surface area contributed by atoms with Gasteiger partial charge in [-0.3, -0.25) is 0 Å². The van der Waals surface area contributed by atoms with Crippen molar-refractivity contribution in [3.63, 3.8) is 0 Å². The Morgan fingerprint density at radius 1 is 1.47 bits per heavy atom. The van der Waals surface area contributed by atoms with Crippen molar-refractivity contribution >= 4 is 23.4 Å². The third-order valence-electron chi connectivity index (χ3n) is 2.10. The second-order valence-electron chi connectivity index (χ2n) is 3.28. The quantitative estimate of drug-likeness (QED) is 0.791. The number of anilines is 1. The van der Waals surface area contributed by atoms with Gasteiger partial charge in [0.2, 0.25) is 0 Å². The van der Waals surface area contributed by atoms with Crippen molar-refractivity contribution in [1.29, 1.82) is 0 Å². The molecule has 1 N–H and O–H groups in total. The Morgan fingerprint density at radius 2 is 2.06 bits per heavy atom. The first-order chi connectivity index (χ1) is 8.11. The van der Waals surface area contributed by atoms with Gasteiger partial charge in [0.1, 0.15) is 5.82 Å².